The average Bonchev–Trinajstić information content (AvgIpc) is 2.60. The molecule has 1 unspecified atom stereocenters. The fourth-order valence-corrected chi connectivity index (χ4v) is 2.93. The van der Waals surface area contributed by atoms with E-state index in [0.29, 0.717) is 23.3 Å². The molecular formula is C15H16N4O4. The molecule has 8 heteroatoms. The zero-order valence-corrected chi connectivity index (χ0v) is 12.6. The highest BCUT2D eigenvalue weighted by atomic mass is 16.6. The number of piperidine rings is 1. The van der Waals surface area contributed by atoms with Crippen molar-refractivity contribution in [3.05, 3.63) is 34.6 Å². The van der Waals surface area contributed by atoms with Crippen LogP contribution in [0.5, 0.6) is 0 Å². The second-order valence-electron chi connectivity index (χ2n) is 5.46. The molecule has 0 radical (unpaired) electrons. The molecule has 1 saturated heterocycles. The molecule has 1 aromatic carbocycles. The summed E-state index contributed by atoms with van der Waals surface area (Å²) in [6.45, 7) is 1.23. The lowest BCUT2D eigenvalue weighted by Gasteiger charge is -2.32. The maximum absolute atomic E-state index is 11.8. The number of fused-ring (bicyclic) bond motifs is 1. The van der Waals surface area contributed by atoms with Crippen LogP contribution in [-0.2, 0) is 9.53 Å². The first-order valence-corrected chi connectivity index (χ1v) is 7.32. The van der Waals surface area contributed by atoms with Crippen molar-refractivity contribution in [2.75, 3.05) is 25.1 Å². The van der Waals surface area contributed by atoms with Crippen LogP contribution in [0.1, 0.15) is 12.8 Å². The standard InChI is InChI=1S/C15H16N4O4/c1-23-15(20)10-3-2-6-18(8-10)14-12-7-11(19(21)22)4-5-13(12)16-9-17-14/h4-5,7,9-10H,2-3,6,8H2,1H3. The van der Waals surface area contributed by atoms with E-state index in [2.05, 4.69) is 9.97 Å². The van der Waals surface area contributed by atoms with Crippen molar-refractivity contribution < 1.29 is 14.5 Å². The summed E-state index contributed by atoms with van der Waals surface area (Å²) < 4.78 is 4.82. The predicted molar refractivity (Wildman–Crippen MR) is 83.1 cm³/mol. The lowest BCUT2D eigenvalue weighted by atomic mass is 9.98. The molecule has 2 aromatic rings. The van der Waals surface area contributed by atoms with Crippen LogP contribution in [0.4, 0.5) is 11.5 Å². The number of aromatic nitrogens is 2. The Morgan fingerprint density at radius 3 is 3.00 bits per heavy atom. The number of nitro groups is 1. The van der Waals surface area contributed by atoms with Gasteiger partial charge in [-0.15, -0.1) is 0 Å². The van der Waals surface area contributed by atoms with E-state index in [9.17, 15) is 14.9 Å². The number of hydrogen-bond acceptors (Lipinski definition) is 7. The van der Waals surface area contributed by atoms with Crippen LogP contribution in [0.3, 0.4) is 0 Å². The summed E-state index contributed by atoms with van der Waals surface area (Å²) in [4.78, 5) is 32.8. The van der Waals surface area contributed by atoms with Crippen LogP contribution >= 0.6 is 0 Å². The van der Waals surface area contributed by atoms with Crippen molar-refractivity contribution in [3.63, 3.8) is 0 Å². The molecule has 1 fully saturated rings. The van der Waals surface area contributed by atoms with Gasteiger partial charge in [-0.1, -0.05) is 0 Å². The third-order valence-corrected chi connectivity index (χ3v) is 4.06. The Bertz CT molecular complexity index is 764. The van der Waals surface area contributed by atoms with E-state index in [1.807, 2.05) is 4.90 Å². The number of rotatable bonds is 3. The molecule has 23 heavy (non-hydrogen) atoms. The van der Waals surface area contributed by atoms with Gasteiger partial charge in [-0.2, -0.15) is 0 Å². The topological polar surface area (TPSA) is 98.5 Å². The minimum absolute atomic E-state index is 0.00456. The van der Waals surface area contributed by atoms with Gasteiger partial charge in [-0.25, -0.2) is 9.97 Å². The molecule has 1 aliphatic heterocycles. The van der Waals surface area contributed by atoms with Crippen LogP contribution in [0.2, 0.25) is 0 Å². The number of ether oxygens (including phenoxy) is 1. The van der Waals surface area contributed by atoms with Crippen LogP contribution in [-0.4, -0.2) is 41.1 Å². The number of non-ortho nitro benzene ring substituents is 1. The maximum atomic E-state index is 11.8. The molecule has 120 valence electrons. The minimum atomic E-state index is -0.441. The smallest absolute Gasteiger partial charge is 0.310 e. The van der Waals surface area contributed by atoms with E-state index in [1.165, 1.54) is 25.6 Å². The van der Waals surface area contributed by atoms with Gasteiger partial charge in [0.15, 0.2) is 0 Å². The minimum Gasteiger partial charge on any atom is -0.469 e. The van der Waals surface area contributed by atoms with E-state index < -0.39 is 4.92 Å². The van der Waals surface area contributed by atoms with Crippen molar-refractivity contribution in [1.29, 1.82) is 0 Å². The van der Waals surface area contributed by atoms with Crippen molar-refractivity contribution >= 4 is 28.4 Å². The van der Waals surface area contributed by atoms with E-state index in [-0.39, 0.29) is 17.6 Å². The fourth-order valence-electron chi connectivity index (χ4n) is 2.93. The zero-order valence-electron chi connectivity index (χ0n) is 12.6. The number of benzene rings is 1. The van der Waals surface area contributed by atoms with Gasteiger partial charge in [-0.05, 0) is 18.9 Å². The van der Waals surface area contributed by atoms with Gasteiger partial charge in [0.1, 0.15) is 12.1 Å². The molecule has 1 aromatic heterocycles. The fraction of sp³-hybridized carbons (Fsp3) is 0.400. The van der Waals surface area contributed by atoms with Gasteiger partial charge in [0.25, 0.3) is 5.69 Å². The quantitative estimate of drug-likeness (QED) is 0.484. The summed E-state index contributed by atoms with van der Waals surface area (Å²) in [7, 11) is 1.38. The third-order valence-electron chi connectivity index (χ3n) is 4.06. The second-order valence-corrected chi connectivity index (χ2v) is 5.46. The van der Waals surface area contributed by atoms with Gasteiger partial charge < -0.3 is 9.64 Å². The molecule has 1 aliphatic rings. The Balaban J connectivity index is 1.99. The molecule has 3 rings (SSSR count). The SMILES string of the molecule is COC(=O)C1CCCN(c2ncnc3ccc([N+](=O)[O-])cc23)C1. The Hall–Kier alpha value is -2.77. The molecule has 1 atom stereocenters. The average molecular weight is 316 g/mol. The number of nitrogens with zero attached hydrogens (tertiary/aromatic N) is 4. The first-order valence-electron chi connectivity index (χ1n) is 7.32. The van der Waals surface area contributed by atoms with Crippen LogP contribution in [0, 0.1) is 16.0 Å². The molecule has 0 bridgehead atoms. The molecule has 0 amide bonds. The van der Waals surface area contributed by atoms with E-state index >= 15 is 0 Å². The highest BCUT2D eigenvalue weighted by Gasteiger charge is 2.28. The summed E-state index contributed by atoms with van der Waals surface area (Å²) in [5, 5.41) is 11.6. The number of anilines is 1. The third kappa shape index (κ3) is 2.92. The van der Waals surface area contributed by atoms with Crippen molar-refractivity contribution in [2.45, 2.75) is 12.8 Å². The second kappa shape index (κ2) is 6.15. The highest BCUT2D eigenvalue weighted by Crippen LogP contribution is 2.30. The summed E-state index contributed by atoms with van der Waals surface area (Å²) in [5.74, 6) is 0.170. The van der Waals surface area contributed by atoms with Crippen molar-refractivity contribution in [3.8, 4) is 0 Å². The first-order chi connectivity index (χ1) is 11.1. The van der Waals surface area contributed by atoms with Crippen molar-refractivity contribution in [1.82, 2.24) is 9.97 Å². The summed E-state index contributed by atoms with van der Waals surface area (Å²) >= 11 is 0. The number of carbonyl (C=O) groups is 1. The summed E-state index contributed by atoms with van der Waals surface area (Å²) in [6, 6.07) is 4.51. The highest BCUT2D eigenvalue weighted by molar-refractivity contribution is 5.91. The molecule has 0 saturated carbocycles. The summed E-state index contributed by atoms with van der Waals surface area (Å²) in [6.07, 6.45) is 3.04. The van der Waals surface area contributed by atoms with Gasteiger partial charge in [0.2, 0.25) is 0 Å². The summed E-state index contributed by atoms with van der Waals surface area (Å²) in [5.41, 5.74) is 0.635. The van der Waals surface area contributed by atoms with E-state index in [0.717, 1.165) is 19.4 Å². The predicted octanol–water partition coefficient (Wildman–Crippen LogP) is 1.93. The lowest BCUT2D eigenvalue weighted by molar-refractivity contribution is -0.384. The Kier molecular flexibility index (Phi) is 4.05. The Morgan fingerprint density at radius 2 is 2.26 bits per heavy atom. The largest absolute Gasteiger partial charge is 0.469 e. The Morgan fingerprint density at radius 1 is 1.43 bits per heavy atom. The molecule has 2 heterocycles. The van der Waals surface area contributed by atoms with E-state index in [1.54, 1.807) is 6.07 Å². The lowest BCUT2D eigenvalue weighted by Crippen LogP contribution is -2.39. The number of hydrogen-bond donors (Lipinski definition) is 0. The van der Waals surface area contributed by atoms with Crippen LogP contribution < -0.4 is 4.90 Å². The molecule has 0 aliphatic carbocycles. The van der Waals surface area contributed by atoms with Crippen molar-refractivity contribution in [2.24, 2.45) is 5.92 Å². The molecule has 8 nitrogen and oxygen atoms in total. The number of carbonyl (C=O) groups excluding carboxylic acids is 1. The van der Waals surface area contributed by atoms with Gasteiger partial charge in [0.05, 0.1) is 23.5 Å². The molecule has 0 spiro atoms. The monoisotopic (exact) mass is 316 g/mol. The number of nitro benzene ring substituents is 1. The molecular weight excluding hydrogens is 300 g/mol. The van der Waals surface area contributed by atoms with Gasteiger partial charge in [-0.3, -0.25) is 14.9 Å². The number of esters is 1. The van der Waals surface area contributed by atoms with Crippen LogP contribution in [0.25, 0.3) is 10.9 Å². The maximum Gasteiger partial charge on any atom is 0.310 e. The van der Waals surface area contributed by atoms with E-state index in [4.69, 9.17) is 4.74 Å². The zero-order chi connectivity index (χ0) is 16.4. The normalized spacial score (nSPS) is 18.0. The van der Waals surface area contributed by atoms with Gasteiger partial charge >= 0.3 is 5.97 Å². The van der Waals surface area contributed by atoms with Crippen LogP contribution in [0.15, 0.2) is 24.5 Å². The Labute approximate surface area is 132 Å². The van der Waals surface area contributed by atoms with Gasteiger partial charge in [0, 0.05) is 30.6 Å². The first kappa shape index (κ1) is 15.1. The number of methoxy groups -OCH3 is 1. The molecule has 0 N–H and O–H groups in total.